The maximum absolute atomic E-state index is 14.4. The van der Waals surface area contributed by atoms with E-state index >= 15 is 0 Å². The predicted molar refractivity (Wildman–Crippen MR) is 96.0 cm³/mol. The molecule has 21 heavy (non-hydrogen) atoms. The number of halogens is 1. The molecule has 0 nitrogen and oxygen atoms in total. The second-order valence-electron chi connectivity index (χ2n) is 4.94. The van der Waals surface area contributed by atoms with Crippen LogP contribution in [-0.2, 0) is 0 Å². The second kappa shape index (κ2) is 6.06. The van der Waals surface area contributed by atoms with Crippen molar-refractivity contribution in [3.8, 4) is 22.3 Å². The molecule has 0 radical (unpaired) electrons. The Morgan fingerprint density at radius 1 is 0.571 bits per heavy atom. The summed E-state index contributed by atoms with van der Waals surface area (Å²) in [5, 5.41) is 2.21. The molecule has 0 fully saturated rings. The molecule has 0 spiro atoms. The highest BCUT2D eigenvalue weighted by Gasteiger charge is 2.07. The van der Waals surface area contributed by atoms with Gasteiger partial charge in [-0.15, -0.1) is 18.5 Å². The summed E-state index contributed by atoms with van der Waals surface area (Å²) in [4.78, 5) is 0. The van der Waals surface area contributed by atoms with Crippen LogP contribution in [0, 0.1) is 5.82 Å². The molecular weight excluding hydrogens is 297 g/mol. The fourth-order valence-corrected chi connectivity index (χ4v) is 2.65. The Morgan fingerprint density at radius 2 is 1.05 bits per heavy atom. The largest absolute Gasteiger partial charge is 0.206 e. The van der Waals surface area contributed by atoms with Crippen molar-refractivity contribution in [1.82, 2.24) is 0 Å². The van der Waals surface area contributed by atoms with Gasteiger partial charge in [-0.2, -0.15) is 0 Å². The van der Waals surface area contributed by atoms with Crippen molar-refractivity contribution >= 4 is 29.1 Å². The van der Waals surface area contributed by atoms with Gasteiger partial charge in [0.05, 0.1) is 0 Å². The highest BCUT2D eigenvalue weighted by Crippen LogP contribution is 2.27. The van der Waals surface area contributed by atoms with Crippen molar-refractivity contribution in [2.24, 2.45) is 0 Å². The molecule has 0 saturated carbocycles. The van der Waals surface area contributed by atoms with E-state index in [1.54, 1.807) is 6.07 Å². The summed E-state index contributed by atoms with van der Waals surface area (Å²) in [6, 6.07) is 21.2. The van der Waals surface area contributed by atoms with Crippen LogP contribution in [0.15, 0.2) is 66.7 Å². The van der Waals surface area contributed by atoms with Crippen molar-refractivity contribution in [3.63, 3.8) is 0 Å². The summed E-state index contributed by atoms with van der Waals surface area (Å²) in [6.07, 6.45) is 0. The van der Waals surface area contributed by atoms with Gasteiger partial charge in [-0.3, -0.25) is 0 Å². The van der Waals surface area contributed by atoms with Crippen molar-refractivity contribution in [3.05, 3.63) is 72.5 Å². The van der Waals surface area contributed by atoms with Gasteiger partial charge in [0.25, 0.3) is 0 Å². The van der Waals surface area contributed by atoms with Crippen molar-refractivity contribution in [1.29, 1.82) is 0 Å². The van der Waals surface area contributed by atoms with Crippen molar-refractivity contribution in [2.45, 2.75) is 0 Å². The molecule has 0 amide bonds. The van der Waals surface area contributed by atoms with E-state index in [1.807, 2.05) is 60.7 Å². The molecule has 0 aliphatic rings. The summed E-state index contributed by atoms with van der Waals surface area (Å²) in [5.41, 5.74) is 3.44. The normalized spacial score (nSPS) is 10.6. The minimum Gasteiger partial charge on any atom is -0.206 e. The third kappa shape index (κ3) is 3.21. The molecule has 0 N–H and O–H groups in total. The Balaban J connectivity index is 1.99. The first-order chi connectivity index (χ1) is 10.1. The highest BCUT2D eigenvalue weighted by atomic mass is 31.0. The molecule has 2 atom stereocenters. The van der Waals surface area contributed by atoms with Crippen LogP contribution < -0.4 is 10.6 Å². The van der Waals surface area contributed by atoms with Gasteiger partial charge in [-0.25, -0.2) is 4.39 Å². The fraction of sp³-hybridized carbons (Fsp3) is 0. The average Bonchev–Trinajstić information content (AvgIpc) is 2.49. The fourth-order valence-electron chi connectivity index (χ4n) is 2.27. The number of hydrogen-bond acceptors (Lipinski definition) is 0. The van der Waals surface area contributed by atoms with Gasteiger partial charge < -0.3 is 0 Å². The van der Waals surface area contributed by atoms with E-state index in [4.69, 9.17) is 0 Å². The van der Waals surface area contributed by atoms with E-state index in [0.717, 1.165) is 27.3 Å². The van der Waals surface area contributed by atoms with Gasteiger partial charge in [-0.05, 0) is 33.4 Å². The highest BCUT2D eigenvalue weighted by molar-refractivity contribution is 7.27. The Kier molecular flexibility index (Phi) is 4.15. The minimum absolute atomic E-state index is 0.195. The third-order valence-corrected chi connectivity index (χ3v) is 4.20. The summed E-state index contributed by atoms with van der Waals surface area (Å²) >= 11 is 0. The standard InChI is InChI=1S/C18H15FP2/c19-18-11-14(12-1-6-15(20)7-2-12)5-10-17(18)13-3-8-16(21)9-4-13/h1-11H,20-21H2. The number of benzene rings is 3. The molecule has 0 aromatic heterocycles. The van der Waals surface area contributed by atoms with E-state index in [1.165, 1.54) is 0 Å². The van der Waals surface area contributed by atoms with Crippen LogP contribution in [0.25, 0.3) is 22.3 Å². The lowest BCUT2D eigenvalue weighted by molar-refractivity contribution is 0.632. The van der Waals surface area contributed by atoms with E-state index in [9.17, 15) is 4.39 Å². The molecule has 0 heterocycles. The van der Waals surface area contributed by atoms with Crippen LogP contribution in [0.3, 0.4) is 0 Å². The quantitative estimate of drug-likeness (QED) is 0.623. The molecule has 3 aromatic carbocycles. The molecular formula is C18H15FP2. The molecule has 0 saturated heterocycles. The zero-order chi connectivity index (χ0) is 14.8. The molecule has 0 aliphatic carbocycles. The molecule has 104 valence electrons. The first-order valence-corrected chi connectivity index (χ1v) is 7.80. The van der Waals surface area contributed by atoms with Crippen LogP contribution in [0.4, 0.5) is 4.39 Å². The van der Waals surface area contributed by atoms with Gasteiger partial charge in [0.1, 0.15) is 5.82 Å². The Labute approximate surface area is 128 Å². The molecule has 0 bridgehead atoms. The zero-order valence-corrected chi connectivity index (χ0v) is 13.7. The first kappa shape index (κ1) is 14.4. The van der Waals surface area contributed by atoms with Gasteiger partial charge in [0, 0.05) is 5.56 Å². The lowest BCUT2D eigenvalue weighted by Gasteiger charge is -2.07. The number of rotatable bonds is 2. The smallest absolute Gasteiger partial charge is 0.131 e. The second-order valence-corrected chi connectivity index (χ2v) is 6.27. The summed E-state index contributed by atoms with van der Waals surface area (Å²) < 4.78 is 14.4. The van der Waals surface area contributed by atoms with Gasteiger partial charge >= 0.3 is 0 Å². The molecule has 0 aliphatic heterocycles. The average molecular weight is 312 g/mol. The SMILES string of the molecule is Fc1cc(-c2ccc(P)cc2)ccc1-c1ccc(P)cc1. The zero-order valence-electron chi connectivity index (χ0n) is 11.4. The maximum atomic E-state index is 14.4. The van der Waals surface area contributed by atoms with E-state index in [0.29, 0.717) is 5.56 Å². The molecule has 3 aromatic rings. The topological polar surface area (TPSA) is 0 Å². The lowest BCUT2D eigenvalue weighted by atomic mass is 10.00. The van der Waals surface area contributed by atoms with Gasteiger partial charge in [0.15, 0.2) is 0 Å². The molecule has 3 rings (SSSR count). The summed E-state index contributed by atoms with van der Waals surface area (Å²) in [7, 11) is 5.28. The number of hydrogen-bond donors (Lipinski definition) is 0. The van der Waals surface area contributed by atoms with E-state index in [2.05, 4.69) is 18.5 Å². The monoisotopic (exact) mass is 312 g/mol. The van der Waals surface area contributed by atoms with Crippen LogP contribution in [0.2, 0.25) is 0 Å². The summed E-state index contributed by atoms with van der Waals surface area (Å²) in [5.74, 6) is -0.195. The minimum atomic E-state index is -0.195. The Hall–Kier alpha value is -1.55. The molecule has 3 heteroatoms. The predicted octanol–water partition coefficient (Wildman–Crippen LogP) is 4.16. The third-order valence-electron chi connectivity index (χ3n) is 3.43. The molecule has 2 unspecified atom stereocenters. The Morgan fingerprint density at radius 3 is 1.57 bits per heavy atom. The van der Waals surface area contributed by atoms with Crippen molar-refractivity contribution < 1.29 is 4.39 Å². The Bertz CT molecular complexity index is 762. The maximum Gasteiger partial charge on any atom is 0.131 e. The first-order valence-electron chi connectivity index (χ1n) is 6.65. The van der Waals surface area contributed by atoms with Crippen LogP contribution in [0.5, 0.6) is 0 Å². The lowest BCUT2D eigenvalue weighted by Crippen LogP contribution is -1.92. The van der Waals surface area contributed by atoms with Gasteiger partial charge in [0.2, 0.25) is 0 Å². The van der Waals surface area contributed by atoms with E-state index in [-0.39, 0.29) is 5.82 Å². The summed E-state index contributed by atoms with van der Waals surface area (Å²) in [6.45, 7) is 0. The van der Waals surface area contributed by atoms with Crippen LogP contribution in [0.1, 0.15) is 0 Å². The van der Waals surface area contributed by atoms with Crippen LogP contribution >= 0.6 is 18.5 Å². The van der Waals surface area contributed by atoms with Gasteiger partial charge in [-0.1, -0.05) is 60.7 Å². The van der Waals surface area contributed by atoms with E-state index < -0.39 is 0 Å². The van der Waals surface area contributed by atoms with Crippen LogP contribution in [-0.4, -0.2) is 0 Å². The van der Waals surface area contributed by atoms with Crippen molar-refractivity contribution in [2.75, 3.05) is 0 Å².